The lowest BCUT2D eigenvalue weighted by Gasteiger charge is -2.21. The number of nitrogens with zero attached hydrogens (tertiary/aromatic N) is 1. The number of carbonyl (C=O) groups is 2. The van der Waals surface area contributed by atoms with E-state index in [1.54, 1.807) is 0 Å². The molecule has 0 aliphatic rings. The minimum absolute atomic E-state index is 0.0775. The van der Waals surface area contributed by atoms with Crippen LogP contribution in [-0.2, 0) is 4.79 Å². The summed E-state index contributed by atoms with van der Waals surface area (Å²) in [7, 11) is 1.32. The van der Waals surface area contributed by atoms with E-state index in [1.807, 2.05) is 0 Å². The molecule has 0 saturated heterocycles. The first-order chi connectivity index (χ1) is 8.82. The van der Waals surface area contributed by atoms with Crippen LogP contribution in [0.5, 0.6) is 5.75 Å². The van der Waals surface area contributed by atoms with Crippen molar-refractivity contribution in [3.63, 3.8) is 0 Å². The van der Waals surface area contributed by atoms with Crippen LogP contribution in [0, 0.1) is 0 Å². The van der Waals surface area contributed by atoms with Gasteiger partial charge in [0.2, 0.25) is 0 Å². The van der Waals surface area contributed by atoms with Crippen molar-refractivity contribution in [2.75, 3.05) is 7.05 Å². The zero-order valence-corrected chi connectivity index (χ0v) is 10.3. The lowest BCUT2D eigenvalue weighted by atomic mass is 10.1. The number of amides is 1. The second-order valence-electron chi connectivity index (χ2n) is 3.84. The fraction of sp³-hybridized carbons (Fsp3) is 0.333. The number of carboxylic acid groups (broad SMARTS) is 1. The highest BCUT2D eigenvalue weighted by Gasteiger charge is 2.23. The zero-order valence-electron chi connectivity index (χ0n) is 10.3. The number of likely N-dealkylation sites (N-methyl/N-ethyl adjacent to an activating group) is 1. The summed E-state index contributed by atoms with van der Waals surface area (Å²) in [6, 6.07) is 4.17. The second-order valence-corrected chi connectivity index (χ2v) is 3.84. The summed E-state index contributed by atoms with van der Waals surface area (Å²) in [5.74, 6) is -1.90. The van der Waals surface area contributed by atoms with Crippen molar-refractivity contribution in [2.45, 2.75) is 19.6 Å². The fourth-order valence-electron chi connectivity index (χ4n) is 1.35. The van der Waals surface area contributed by atoms with Crippen molar-refractivity contribution >= 4 is 11.9 Å². The number of carbonyl (C=O) groups excluding carboxylic acids is 1. The Bertz CT molecular complexity index is 479. The molecule has 1 aromatic rings. The summed E-state index contributed by atoms with van der Waals surface area (Å²) < 4.78 is 28.3. The van der Waals surface area contributed by atoms with Crippen LogP contribution in [0.25, 0.3) is 0 Å². The minimum Gasteiger partial charge on any atom is -0.480 e. The monoisotopic (exact) mass is 273 g/mol. The Balaban J connectivity index is 2.90. The van der Waals surface area contributed by atoms with Crippen molar-refractivity contribution in [3.05, 3.63) is 29.8 Å². The van der Waals surface area contributed by atoms with E-state index in [4.69, 9.17) is 5.11 Å². The first-order valence-corrected chi connectivity index (χ1v) is 5.37. The Morgan fingerprint density at radius 1 is 1.37 bits per heavy atom. The molecule has 7 heteroatoms. The van der Waals surface area contributed by atoms with E-state index in [-0.39, 0.29) is 11.3 Å². The molecular weight excluding hydrogens is 260 g/mol. The van der Waals surface area contributed by atoms with E-state index in [1.165, 1.54) is 32.2 Å². The summed E-state index contributed by atoms with van der Waals surface area (Å²) >= 11 is 0. The molecular formula is C12H13F2NO4. The van der Waals surface area contributed by atoms with Gasteiger partial charge in [0, 0.05) is 12.6 Å². The number of halogens is 2. The molecule has 0 aliphatic carbocycles. The van der Waals surface area contributed by atoms with Gasteiger partial charge in [-0.1, -0.05) is 6.07 Å². The van der Waals surface area contributed by atoms with Gasteiger partial charge in [-0.15, -0.1) is 0 Å². The van der Waals surface area contributed by atoms with Gasteiger partial charge in [-0.3, -0.25) is 4.79 Å². The van der Waals surface area contributed by atoms with Crippen LogP contribution in [0.2, 0.25) is 0 Å². The average molecular weight is 273 g/mol. The smallest absolute Gasteiger partial charge is 0.387 e. The molecule has 1 unspecified atom stereocenters. The number of benzene rings is 1. The second kappa shape index (κ2) is 6.12. The quantitative estimate of drug-likeness (QED) is 0.888. The summed E-state index contributed by atoms with van der Waals surface area (Å²) in [5, 5.41) is 8.80. The Hall–Kier alpha value is -2.18. The first kappa shape index (κ1) is 14.9. The highest BCUT2D eigenvalue weighted by molar-refractivity contribution is 5.96. The fourth-order valence-corrected chi connectivity index (χ4v) is 1.35. The van der Waals surface area contributed by atoms with E-state index in [0.29, 0.717) is 0 Å². The molecule has 0 spiro atoms. The van der Waals surface area contributed by atoms with Gasteiger partial charge in [0.25, 0.3) is 5.91 Å². The van der Waals surface area contributed by atoms with Gasteiger partial charge in [0.15, 0.2) is 0 Å². The predicted octanol–water partition coefficient (Wildman–Crippen LogP) is 1.83. The number of aliphatic carboxylic acids is 1. The minimum atomic E-state index is -2.99. The Morgan fingerprint density at radius 2 is 2.00 bits per heavy atom. The number of hydrogen-bond donors (Lipinski definition) is 1. The molecule has 0 bridgehead atoms. The summed E-state index contributed by atoms with van der Waals surface area (Å²) in [5.41, 5.74) is 0.0775. The van der Waals surface area contributed by atoms with Crippen molar-refractivity contribution < 1.29 is 28.2 Å². The van der Waals surface area contributed by atoms with Crippen LogP contribution < -0.4 is 4.74 Å². The normalized spacial score (nSPS) is 12.1. The molecule has 19 heavy (non-hydrogen) atoms. The van der Waals surface area contributed by atoms with Crippen LogP contribution in [-0.4, -0.2) is 41.6 Å². The van der Waals surface area contributed by atoms with Gasteiger partial charge in [-0.05, 0) is 25.1 Å². The number of hydrogen-bond acceptors (Lipinski definition) is 3. The molecule has 0 saturated carbocycles. The molecule has 1 aromatic carbocycles. The Labute approximate surface area is 108 Å². The summed E-state index contributed by atoms with van der Waals surface area (Å²) in [4.78, 5) is 23.7. The average Bonchev–Trinajstić information content (AvgIpc) is 2.35. The molecule has 0 aromatic heterocycles. The van der Waals surface area contributed by atoms with Gasteiger partial charge in [-0.2, -0.15) is 8.78 Å². The third-order valence-corrected chi connectivity index (χ3v) is 2.56. The van der Waals surface area contributed by atoms with Crippen molar-refractivity contribution in [2.24, 2.45) is 0 Å². The maximum absolute atomic E-state index is 12.1. The molecule has 1 atom stereocenters. The lowest BCUT2D eigenvalue weighted by Crippen LogP contribution is -2.40. The number of alkyl halides is 2. The van der Waals surface area contributed by atoms with Crippen molar-refractivity contribution in [3.8, 4) is 5.75 Å². The Kier molecular flexibility index (Phi) is 4.80. The zero-order chi connectivity index (χ0) is 14.6. The third-order valence-electron chi connectivity index (χ3n) is 2.56. The predicted molar refractivity (Wildman–Crippen MR) is 62.3 cm³/mol. The maximum atomic E-state index is 12.1. The summed E-state index contributed by atoms with van der Waals surface area (Å²) in [6.45, 7) is -1.64. The molecule has 0 fully saturated rings. The molecule has 0 heterocycles. The molecule has 0 aliphatic heterocycles. The van der Waals surface area contributed by atoms with Crippen LogP contribution in [0.3, 0.4) is 0 Å². The molecule has 5 nitrogen and oxygen atoms in total. The van der Waals surface area contributed by atoms with E-state index < -0.39 is 24.5 Å². The number of carboxylic acids is 1. The topological polar surface area (TPSA) is 66.8 Å². The van der Waals surface area contributed by atoms with Crippen LogP contribution in [0.15, 0.2) is 24.3 Å². The van der Waals surface area contributed by atoms with E-state index in [2.05, 4.69) is 4.74 Å². The molecule has 0 radical (unpaired) electrons. The van der Waals surface area contributed by atoms with Crippen LogP contribution in [0.4, 0.5) is 8.78 Å². The number of ether oxygens (including phenoxy) is 1. The van der Waals surface area contributed by atoms with Crippen molar-refractivity contribution in [1.29, 1.82) is 0 Å². The standard InChI is InChI=1S/C12H13F2NO4/c1-7(11(17)18)15(2)10(16)8-4-3-5-9(6-8)19-12(13)14/h3-7,12H,1-2H3,(H,17,18). The molecule has 104 valence electrons. The van der Waals surface area contributed by atoms with Crippen LogP contribution in [0.1, 0.15) is 17.3 Å². The molecule has 1 N–H and O–H groups in total. The van der Waals surface area contributed by atoms with Crippen molar-refractivity contribution in [1.82, 2.24) is 4.90 Å². The van der Waals surface area contributed by atoms with Gasteiger partial charge in [0.05, 0.1) is 0 Å². The maximum Gasteiger partial charge on any atom is 0.387 e. The van der Waals surface area contributed by atoms with Crippen LogP contribution >= 0.6 is 0 Å². The van der Waals surface area contributed by atoms with E-state index >= 15 is 0 Å². The molecule has 1 rings (SSSR count). The highest BCUT2D eigenvalue weighted by atomic mass is 19.3. The SMILES string of the molecule is CC(C(=O)O)N(C)C(=O)c1cccc(OC(F)F)c1. The van der Waals surface area contributed by atoms with Gasteiger partial charge < -0.3 is 14.7 Å². The van der Waals surface area contributed by atoms with E-state index in [0.717, 1.165) is 11.0 Å². The van der Waals surface area contributed by atoms with Gasteiger partial charge in [0.1, 0.15) is 11.8 Å². The Morgan fingerprint density at radius 3 is 2.53 bits per heavy atom. The first-order valence-electron chi connectivity index (χ1n) is 5.37. The summed E-state index contributed by atoms with van der Waals surface area (Å²) in [6.07, 6.45) is 0. The number of rotatable bonds is 5. The lowest BCUT2D eigenvalue weighted by molar-refractivity contribution is -0.141. The van der Waals surface area contributed by atoms with Gasteiger partial charge in [-0.25, -0.2) is 4.79 Å². The molecule has 1 amide bonds. The van der Waals surface area contributed by atoms with Gasteiger partial charge >= 0.3 is 12.6 Å². The highest BCUT2D eigenvalue weighted by Crippen LogP contribution is 2.17. The largest absolute Gasteiger partial charge is 0.480 e. The van der Waals surface area contributed by atoms with E-state index in [9.17, 15) is 18.4 Å². The third kappa shape index (κ3) is 3.90.